The van der Waals surface area contributed by atoms with Crippen LogP contribution in [0.2, 0.25) is 10.0 Å². The molecule has 1 aromatic carbocycles. The van der Waals surface area contributed by atoms with Crippen molar-refractivity contribution in [1.82, 2.24) is 4.57 Å². The fraction of sp³-hybridized carbons (Fsp3) is 0.143. The molecule has 0 unspecified atom stereocenters. The molecule has 0 atom stereocenters. The Morgan fingerprint density at radius 1 is 1.29 bits per heavy atom. The van der Waals surface area contributed by atoms with Crippen molar-refractivity contribution in [2.24, 2.45) is 0 Å². The normalized spacial score (nSPS) is 10.2. The Kier molecular flexibility index (Phi) is 4.88. The van der Waals surface area contributed by atoms with Crippen LogP contribution in [0.3, 0.4) is 0 Å². The minimum atomic E-state index is -0.376. The summed E-state index contributed by atoms with van der Waals surface area (Å²) in [5.74, 6) is -0.195. The maximum atomic E-state index is 12.0. The zero-order valence-corrected chi connectivity index (χ0v) is 12.6. The van der Waals surface area contributed by atoms with Crippen LogP contribution in [0.1, 0.15) is 0 Å². The Morgan fingerprint density at radius 3 is 2.57 bits per heavy atom. The van der Waals surface area contributed by atoms with E-state index in [1.54, 1.807) is 24.3 Å². The maximum Gasteiger partial charge on any atom is 0.293 e. The Hall–Kier alpha value is -1.98. The number of aromatic nitrogens is 1. The molecule has 1 heterocycles. The fourth-order valence-corrected chi connectivity index (χ4v) is 2.30. The van der Waals surface area contributed by atoms with Crippen LogP contribution < -0.4 is 15.6 Å². The van der Waals surface area contributed by atoms with E-state index in [2.05, 4.69) is 5.32 Å². The lowest BCUT2D eigenvalue weighted by molar-refractivity contribution is -0.116. The van der Waals surface area contributed by atoms with E-state index in [0.29, 0.717) is 15.7 Å². The number of carbonyl (C=O) groups is 1. The highest BCUT2D eigenvalue weighted by Gasteiger charge is 2.08. The molecule has 0 aliphatic heterocycles. The van der Waals surface area contributed by atoms with Gasteiger partial charge >= 0.3 is 0 Å². The van der Waals surface area contributed by atoms with E-state index in [0.717, 1.165) is 0 Å². The topological polar surface area (TPSA) is 60.3 Å². The van der Waals surface area contributed by atoms with Crippen molar-refractivity contribution in [2.45, 2.75) is 6.54 Å². The van der Waals surface area contributed by atoms with Gasteiger partial charge in [0.05, 0.1) is 7.11 Å². The Balaban J connectivity index is 2.13. The van der Waals surface area contributed by atoms with Gasteiger partial charge in [-0.3, -0.25) is 9.59 Å². The van der Waals surface area contributed by atoms with Gasteiger partial charge in [0.2, 0.25) is 5.91 Å². The van der Waals surface area contributed by atoms with Crippen molar-refractivity contribution < 1.29 is 9.53 Å². The van der Waals surface area contributed by atoms with Crippen molar-refractivity contribution in [3.63, 3.8) is 0 Å². The van der Waals surface area contributed by atoms with Crippen molar-refractivity contribution in [3.8, 4) is 5.75 Å². The van der Waals surface area contributed by atoms with Crippen LogP contribution in [-0.4, -0.2) is 17.6 Å². The number of halogens is 2. The summed E-state index contributed by atoms with van der Waals surface area (Å²) in [7, 11) is 1.40. The van der Waals surface area contributed by atoms with Gasteiger partial charge in [-0.05, 0) is 30.3 Å². The standard InChI is InChI=1S/C14H12Cl2N2O3/c1-21-12-3-2-4-18(14(12)20)8-13(19)17-11-6-9(15)5-10(16)7-11/h2-7H,8H2,1H3,(H,17,19). The summed E-state index contributed by atoms with van der Waals surface area (Å²) in [5, 5.41) is 3.45. The number of pyridine rings is 1. The van der Waals surface area contributed by atoms with Crippen LogP contribution in [0.5, 0.6) is 5.75 Å². The molecule has 110 valence electrons. The van der Waals surface area contributed by atoms with Gasteiger partial charge in [0.25, 0.3) is 5.56 Å². The summed E-state index contributed by atoms with van der Waals surface area (Å²) in [6.07, 6.45) is 1.51. The summed E-state index contributed by atoms with van der Waals surface area (Å²) in [6, 6.07) is 7.86. The third-order valence-corrected chi connectivity index (χ3v) is 3.10. The number of ether oxygens (including phenoxy) is 1. The molecule has 0 bridgehead atoms. The van der Waals surface area contributed by atoms with E-state index < -0.39 is 0 Å². The summed E-state index contributed by atoms with van der Waals surface area (Å²) in [6.45, 7) is -0.139. The highest BCUT2D eigenvalue weighted by atomic mass is 35.5. The zero-order chi connectivity index (χ0) is 15.4. The lowest BCUT2D eigenvalue weighted by Gasteiger charge is -2.09. The van der Waals surface area contributed by atoms with Crippen molar-refractivity contribution in [1.29, 1.82) is 0 Å². The van der Waals surface area contributed by atoms with Crippen molar-refractivity contribution in [3.05, 3.63) is 56.9 Å². The second-order valence-corrected chi connectivity index (χ2v) is 5.09. The predicted octanol–water partition coefficient (Wildman–Crippen LogP) is 2.80. The highest BCUT2D eigenvalue weighted by Crippen LogP contribution is 2.22. The van der Waals surface area contributed by atoms with Crippen LogP contribution in [-0.2, 0) is 11.3 Å². The first-order valence-corrected chi connectivity index (χ1v) is 6.74. The van der Waals surface area contributed by atoms with E-state index >= 15 is 0 Å². The number of hydrogen-bond donors (Lipinski definition) is 1. The van der Waals surface area contributed by atoms with E-state index in [-0.39, 0.29) is 23.8 Å². The quantitative estimate of drug-likeness (QED) is 0.939. The first kappa shape index (κ1) is 15.4. The highest BCUT2D eigenvalue weighted by molar-refractivity contribution is 6.35. The van der Waals surface area contributed by atoms with Gasteiger partial charge in [-0.2, -0.15) is 0 Å². The summed E-state index contributed by atoms with van der Waals surface area (Å²) in [5.41, 5.74) is 0.0905. The molecule has 7 heteroatoms. The molecule has 0 aliphatic carbocycles. The van der Waals surface area contributed by atoms with Gasteiger partial charge in [0.1, 0.15) is 6.54 Å². The second kappa shape index (κ2) is 6.65. The van der Waals surface area contributed by atoms with Gasteiger partial charge < -0.3 is 14.6 Å². The molecule has 0 radical (unpaired) electrons. The van der Waals surface area contributed by atoms with Gasteiger partial charge in [-0.25, -0.2) is 0 Å². The minimum absolute atomic E-state index is 0.139. The smallest absolute Gasteiger partial charge is 0.293 e. The van der Waals surface area contributed by atoms with Gasteiger partial charge in [-0.1, -0.05) is 23.2 Å². The van der Waals surface area contributed by atoms with Gasteiger partial charge in [0.15, 0.2) is 5.75 Å². The van der Waals surface area contributed by atoms with Crippen LogP contribution in [0.15, 0.2) is 41.3 Å². The lowest BCUT2D eigenvalue weighted by atomic mass is 10.3. The van der Waals surface area contributed by atoms with Gasteiger partial charge in [0, 0.05) is 21.9 Å². The van der Waals surface area contributed by atoms with Crippen LogP contribution in [0, 0.1) is 0 Å². The van der Waals surface area contributed by atoms with Crippen LogP contribution in [0.4, 0.5) is 5.69 Å². The SMILES string of the molecule is COc1cccn(CC(=O)Nc2cc(Cl)cc(Cl)c2)c1=O. The average Bonchev–Trinajstić information content (AvgIpc) is 2.40. The number of anilines is 1. The predicted molar refractivity (Wildman–Crippen MR) is 82.3 cm³/mol. The average molecular weight is 327 g/mol. The number of rotatable bonds is 4. The first-order chi connectivity index (χ1) is 9.99. The number of amides is 1. The molecule has 0 fully saturated rings. The molecule has 0 saturated carbocycles. The molecule has 0 spiro atoms. The Labute approximate surface area is 131 Å². The first-order valence-electron chi connectivity index (χ1n) is 5.99. The van der Waals surface area contributed by atoms with E-state index in [1.165, 1.54) is 23.9 Å². The molecule has 0 aliphatic rings. The van der Waals surface area contributed by atoms with E-state index in [4.69, 9.17) is 27.9 Å². The Bertz CT molecular complexity index is 708. The summed E-state index contributed by atoms with van der Waals surface area (Å²) in [4.78, 5) is 23.9. The van der Waals surface area contributed by atoms with Gasteiger partial charge in [-0.15, -0.1) is 0 Å². The number of benzene rings is 1. The molecule has 21 heavy (non-hydrogen) atoms. The zero-order valence-electron chi connectivity index (χ0n) is 11.1. The number of carbonyl (C=O) groups excluding carboxylic acids is 1. The van der Waals surface area contributed by atoms with Crippen LogP contribution in [0.25, 0.3) is 0 Å². The molecule has 2 aromatic rings. The summed E-state index contributed by atoms with van der Waals surface area (Å²) >= 11 is 11.7. The van der Waals surface area contributed by atoms with Crippen molar-refractivity contribution in [2.75, 3.05) is 12.4 Å². The Morgan fingerprint density at radius 2 is 1.95 bits per heavy atom. The minimum Gasteiger partial charge on any atom is -0.491 e. The molecule has 1 amide bonds. The number of hydrogen-bond acceptors (Lipinski definition) is 3. The molecular weight excluding hydrogens is 315 g/mol. The van der Waals surface area contributed by atoms with E-state index in [9.17, 15) is 9.59 Å². The van der Waals surface area contributed by atoms with Crippen molar-refractivity contribution >= 4 is 34.8 Å². The van der Waals surface area contributed by atoms with Crippen LogP contribution >= 0.6 is 23.2 Å². The molecule has 5 nitrogen and oxygen atoms in total. The van der Waals surface area contributed by atoms with E-state index in [1.807, 2.05) is 0 Å². The fourth-order valence-electron chi connectivity index (χ4n) is 1.78. The largest absolute Gasteiger partial charge is 0.491 e. The number of nitrogens with zero attached hydrogens (tertiary/aromatic N) is 1. The third-order valence-electron chi connectivity index (χ3n) is 2.67. The molecular formula is C14H12Cl2N2O3. The second-order valence-electron chi connectivity index (χ2n) is 4.22. The molecule has 1 N–H and O–H groups in total. The third kappa shape index (κ3) is 4.00. The number of methoxy groups -OCH3 is 1. The molecule has 2 rings (SSSR count). The molecule has 1 aromatic heterocycles. The molecule has 0 saturated heterocycles. The summed E-state index contributed by atoms with van der Waals surface area (Å²) < 4.78 is 6.17. The maximum absolute atomic E-state index is 12.0. The monoisotopic (exact) mass is 326 g/mol. The lowest BCUT2D eigenvalue weighted by Crippen LogP contribution is -2.27. The number of nitrogens with one attached hydrogen (secondary N) is 1.